The van der Waals surface area contributed by atoms with Gasteiger partial charge in [-0.3, -0.25) is 9.58 Å². The average molecular weight is 393 g/mol. The number of pyridine rings is 1. The summed E-state index contributed by atoms with van der Waals surface area (Å²) in [5.41, 5.74) is 1.84. The second-order valence-corrected chi connectivity index (χ2v) is 8.05. The summed E-state index contributed by atoms with van der Waals surface area (Å²) in [6.07, 6.45) is 3.09. The SMILES string of the molecule is Cc1nn(C)cc1CN1CCCC12CCN(c1ccc(C(F)(F)F)cn1)CC2. The van der Waals surface area contributed by atoms with Crippen LogP contribution in [0.25, 0.3) is 0 Å². The fraction of sp³-hybridized carbons (Fsp3) is 0.600. The van der Waals surface area contributed by atoms with E-state index in [9.17, 15) is 13.2 Å². The minimum Gasteiger partial charge on any atom is -0.356 e. The first-order valence-corrected chi connectivity index (χ1v) is 9.79. The van der Waals surface area contributed by atoms with Crippen molar-refractivity contribution in [2.24, 2.45) is 7.05 Å². The van der Waals surface area contributed by atoms with Gasteiger partial charge in [0.15, 0.2) is 0 Å². The molecule has 4 heterocycles. The predicted octanol–water partition coefficient (Wildman–Crippen LogP) is 3.78. The van der Waals surface area contributed by atoms with Gasteiger partial charge in [0.25, 0.3) is 0 Å². The Labute approximate surface area is 163 Å². The molecule has 0 unspecified atom stereocenters. The normalized spacial score (nSPS) is 20.2. The molecule has 2 aliphatic heterocycles. The second kappa shape index (κ2) is 7.06. The molecule has 2 aromatic heterocycles. The zero-order chi connectivity index (χ0) is 19.9. The molecule has 2 saturated heterocycles. The second-order valence-electron chi connectivity index (χ2n) is 8.05. The molecule has 0 aliphatic carbocycles. The summed E-state index contributed by atoms with van der Waals surface area (Å²) in [4.78, 5) is 8.77. The van der Waals surface area contributed by atoms with Crippen molar-refractivity contribution < 1.29 is 13.2 Å². The van der Waals surface area contributed by atoms with Gasteiger partial charge in [0.1, 0.15) is 5.82 Å². The molecule has 0 saturated carbocycles. The summed E-state index contributed by atoms with van der Waals surface area (Å²) < 4.78 is 40.1. The van der Waals surface area contributed by atoms with Crippen LogP contribution in [-0.4, -0.2) is 44.8 Å². The third-order valence-electron chi connectivity index (χ3n) is 6.31. The van der Waals surface area contributed by atoms with Crippen LogP contribution in [0.15, 0.2) is 24.5 Å². The third-order valence-corrected chi connectivity index (χ3v) is 6.31. The van der Waals surface area contributed by atoms with Crippen molar-refractivity contribution in [1.82, 2.24) is 19.7 Å². The monoisotopic (exact) mass is 393 g/mol. The average Bonchev–Trinajstić information content (AvgIpc) is 3.18. The summed E-state index contributed by atoms with van der Waals surface area (Å²) >= 11 is 0. The maximum Gasteiger partial charge on any atom is 0.417 e. The first kappa shape index (κ1) is 19.2. The molecule has 0 bridgehead atoms. The summed E-state index contributed by atoms with van der Waals surface area (Å²) in [6, 6.07) is 2.62. The predicted molar refractivity (Wildman–Crippen MR) is 101 cm³/mol. The molecule has 1 spiro atoms. The maximum absolute atomic E-state index is 12.7. The van der Waals surface area contributed by atoms with Crippen molar-refractivity contribution in [1.29, 1.82) is 0 Å². The molecule has 28 heavy (non-hydrogen) atoms. The highest BCUT2D eigenvalue weighted by molar-refractivity contribution is 5.41. The standard InChI is InChI=1S/C20H26F3N5/c1-15-16(13-26(2)25-15)14-28-9-3-6-19(28)7-10-27(11-8-19)18-5-4-17(12-24-18)20(21,22)23/h4-5,12-13H,3,6-11,14H2,1-2H3. The van der Waals surface area contributed by atoms with Crippen LogP contribution >= 0.6 is 0 Å². The van der Waals surface area contributed by atoms with Gasteiger partial charge in [-0.1, -0.05) is 0 Å². The van der Waals surface area contributed by atoms with E-state index in [1.54, 1.807) is 0 Å². The summed E-state index contributed by atoms with van der Waals surface area (Å²) in [5.74, 6) is 0.635. The van der Waals surface area contributed by atoms with Crippen LogP contribution in [0.5, 0.6) is 0 Å². The van der Waals surface area contributed by atoms with Crippen LogP contribution in [-0.2, 0) is 19.8 Å². The van der Waals surface area contributed by atoms with Crippen molar-refractivity contribution in [3.8, 4) is 0 Å². The lowest BCUT2D eigenvalue weighted by Gasteiger charge is -2.45. The fourth-order valence-electron chi connectivity index (χ4n) is 4.71. The van der Waals surface area contributed by atoms with Gasteiger partial charge < -0.3 is 4.90 Å². The van der Waals surface area contributed by atoms with Crippen molar-refractivity contribution in [3.05, 3.63) is 41.3 Å². The highest BCUT2D eigenvalue weighted by Gasteiger charge is 2.43. The van der Waals surface area contributed by atoms with Crippen molar-refractivity contribution >= 4 is 5.82 Å². The van der Waals surface area contributed by atoms with E-state index in [1.165, 1.54) is 24.5 Å². The van der Waals surface area contributed by atoms with Gasteiger partial charge in [-0.2, -0.15) is 18.3 Å². The number of anilines is 1. The quantitative estimate of drug-likeness (QED) is 0.795. The number of hydrogen-bond acceptors (Lipinski definition) is 4. The smallest absolute Gasteiger partial charge is 0.356 e. The molecule has 8 heteroatoms. The number of alkyl halides is 3. The van der Waals surface area contributed by atoms with E-state index in [0.717, 1.165) is 57.0 Å². The van der Waals surface area contributed by atoms with E-state index in [-0.39, 0.29) is 5.54 Å². The molecule has 2 fully saturated rings. The molecule has 0 N–H and O–H groups in total. The highest BCUT2D eigenvalue weighted by atomic mass is 19.4. The molecule has 2 aromatic rings. The zero-order valence-corrected chi connectivity index (χ0v) is 16.3. The molecule has 0 amide bonds. The van der Waals surface area contributed by atoms with Gasteiger partial charge in [0, 0.05) is 50.2 Å². The summed E-state index contributed by atoms with van der Waals surface area (Å²) in [6.45, 7) is 5.70. The molecule has 0 radical (unpaired) electrons. The minimum atomic E-state index is -4.34. The Kier molecular flexibility index (Phi) is 4.85. The number of piperidine rings is 1. The summed E-state index contributed by atoms with van der Waals surface area (Å²) in [5, 5.41) is 4.46. The Morgan fingerprint density at radius 1 is 1.11 bits per heavy atom. The lowest BCUT2D eigenvalue weighted by molar-refractivity contribution is -0.137. The van der Waals surface area contributed by atoms with Gasteiger partial charge >= 0.3 is 6.18 Å². The van der Waals surface area contributed by atoms with Crippen molar-refractivity contribution in [2.45, 2.75) is 50.9 Å². The van der Waals surface area contributed by atoms with Gasteiger partial charge in [0.2, 0.25) is 0 Å². The lowest BCUT2D eigenvalue weighted by atomic mass is 9.84. The van der Waals surface area contributed by atoms with E-state index >= 15 is 0 Å². The molecule has 0 aromatic carbocycles. The molecule has 0 atom stereocenters. The highest BCUT2D eigenvalue weighted by Crippen LogP contribution is 2.40. The minimum absolute atomic E-state index is 0.185. The number of halogens is 3. The largest absolute Gasteiger partial charge is 0.417 e. The number of aromatic nitrogens is 3. The Balaban J connectivity index is 1.43. The van der Waals surface area contributed by atoms with Gasteiger partial charge in [-0.25, -0.2) is 4.98 Å². The fourth-order valence-corrected chi connectivity index (χ4v) is 4.71. The molecular weight excluding hydrogens is 367 g/mol. The van der Waals surface area contributed by atoms with Crippen LogP contribution in [0.1, 0.15) is 42.5 Å². The van der Waals surface area contributed by atoms with Gasteiger partial charge in [-0.05, 0) is 51.3 Å². The van der Waals surface area contributed by atoms with Crippen LogP contribution in [0.3, 0.4) is 0 Å². The van der Waals surface area contributed by atoms with Crippen LogP contribution < -0.4 is 4.90 Å². The third kappa shape index (κ3) is 3.62. The Morgan fingerprint density at radius 2 is 1.86 bits per heavy atom. The van der Waals surface area contributed by atoms with Gasteiger partial charge in [0.05, 0.1) is 11.3 Å². The number of likely N-dealkylation sites (tertiary alicyclic amines) is 1. The number of hydrogen-bond donors (Lipinski definition) is 0. The van der Waals surface area contributed by atoms with Gasteiger partial charge in [-0.15, -0.1) is 0 Å². The van der Waals surface area contributed by atoms with E-state index in [2.05, 4.69) is 33.0 Å². The van der Waals surface area contributed by atoms with Crippen molar-refractivity contribution in [3.63, 3.8) is 0 Å². The van der Waals surface area contributed by atoms with Crippen LogP contribution in [0.4, 0.5) is 19.0 Å². The number of aryl methyl sites for hydroxylation is 2. The molecule has 5 nitrogen and oxygen atoms in total. The lowest BCUT2D eigenvalue weighted by Crippen LogP contribution is -2.52. The first-order chi connectivity index (χ1) is 13.3. The Bertz CT molecular complexity index is 819. The molecule has 2 aliphatic rings. The molecule has 152 valence electrons. The topological polar surface area (TPSA) is 37.2 Å². The number of rotatable bonds is 3. The molecule has 4 rings (SSSR count). The van der Waals surface area contributed by atoms with E-state index in [4.69, 9.17) is 0 Å². The van der Waals surface area contributed by atoms with Crippen molar-refractivity contribution in [2.75, 3.05) is 24.5 Å². The van der Waals surface area contributed by atoms with E-state index in [0.29, 0.717) is 5.82 Å². The Morgan fingerprint density at radius 3 is 2.43 bits per heavy atom. The first-order valence-electron chi connectivity index (χ1n) is 9.79. The van der Waals surface area contributed by atoms with Crippen LogP contribution in [0.2, 0.25) is 0 Å². The maximum atomic E-state index is 12.7. The summed E-state index contributed by atoms with van der Waals surface area (Å²) in [7, 11) is 1.95. The number of nitrogens with zero attached hydrogens (tertiary/aromatic N) is 5. The Hall–Kier alpha value is -2.09. The van der Waals surface area contributed by atoms with Crippen LogP contribution in [0, 0.1) is 6.92 Å². The van der Waals surface area contributed by atoms with E-state index in [1.807, 2.05) is 11.7 Å². The molecular formula is C20H26F3N5. The zero-order valence-electron chi connectivity index (χ0n) is 16.3. The van der Waals surface area contributed by atoms with E-state index < -0.39 is 11.7 Å².